The number of nitrogens with zero attached hydrogens (tertiary/aromatic N) is 1. The van der Waals surface area contributed by atoms with Crippen molar-refractivity contribution in [1.29, 1.82) is 0 Å². The molecule has 0 spiro atoms. The molecule has 0 unspecified atom stereocenters. The van der Waals surface area contributed by atoms with Gasteiger partial charge in [-0.15, -0.1) is 0 Å². The quantitative estimate of drug-likeness (QED) is 0.315. The van der Waals surface area contributed by atoms with Crippen LogP contribution >= 0.6 is 0 Å². The van der Waals surface area contributed by atoms with Crippen molar-refractivity contribution in [3.8, 4) is 28.7 Å². The van der Waals surface area contributed by atoms with Crippen LogP contribution in [0.3, 0.4) is 0 Å². The first kappa shape index (κ1) is 14.7. The molecule has 2 aliphatic heterocycles. The highest BCUT2D eigenvalue weighted by atomic mass is 16.5. The summed E-state index contributed by atoms with van der Waals surface area (Å²) in [6, 6.07) is 27.2. The molecule has 0 radical (unpaired) electrons. The third kappa shape index (κ3) is 2.32. The van der Waals surface area contributed by atoms with E-state index < -0.39 is 0 Å². The van der Waals surface area contributed by atoms with E-state index in [9.17, 15) is 2.74 Å². The van der Waals surface area contributed by atoms with Gasteiger partial charge in [0.1, 0.15) is 23.0 Å². The zero-order chi connectivity index (χ0) is 25.7. The maximum atomic E-state index is 9.39. The van der Waals surface area contributed by atoms with Gasteiger partial charge in [-0.05, 0) is 35.2 Å². The van der Waals surface area contributed by atoms with Crippen LogP contribution in [0.25, 0.3) is 27.5 Å². The first-order valence-corrected chi connectivity index (χ1v) is 11.2. The molecule has 0 bridgehead atoms. The van der Waals surface area contributed by atoms with E-state index in [1.165, 1.54) is 0 Å². The van der Waals surface area contributed by atoms with Gasteiger partial charge in [0, 0.05) is 28.3 Å². The Morgan fingerprint density at radius 2 is 1.12 bits per heavy atom. The summed E-state index contributed by atoms with van der Waals surface area (Å²) in [4.78, 5) is 0. The number of ether oxygens (including phenoxy) is 2. The number of fused-ring (bicyclic) bond motifs is 7. The van der Waals surface area contributed by atoms with Crippen LogP contribution in [0.1, 0.15) is 5.48 Å². The molecule has 0 atom stereocenters. The first-order chi connectivity index (χ1) is 18.5. The maximum absolute atomic E-state index is 9.39. The van der Waals surface area contributed by atoms with E-state index in [1.807, 2.05) is 65.2 Å². The van der Waals surface area contributed by atoms with Gasteiger partial charge in [0.15, 0.2) is 0 Å². The van der Waals surface area contributed by atoms with Crippen LogP contribution in [0.2, 0.25) is 0 Å². The van der Waals surface area contributed by atoms with E-state index in [0.29, 0.717) is 46.2 Å². The second kappa shape index (κ2) is 6.55. The normalized spacial score (nSPS) is 14.8. The molecule has 3 heterocycles. The number of aromatic nitrogens is 1. The molecule has 0 amide bonds. The van der Waals surface area contributed by atoms with Crippen LogP contribution in [0, 0.1) is 0 Å². The third-order valence-electron chi connectivity index (χ3n) is 6.80. The molecule has 6 aromatic rings. The van der Waals surface area contributed by atoms with Gasteiger partial charge in [0.2, 0.25) is 0 Å². The fourth-order valence-corrected chi connectivity index (χ4v) is 5.38. The van der Waals surface area contributed by atoms with Gasteiger partial charge in [0.05, 0.1) is 22.2 Å². The van der Waals surface area contributed by atoms with Crippen LogP contribution in [0.5, 0.6) is 23.0 Å². The Morgan fingerprint density at radius 1 is 0.588 bits per heavy atom. The van der Waals surface area contributed by atoms with Crippen molar-refractivity contribution < 1.29 is 15.0 Å². The van der Waals surface area contributed by atoms with Gasteiger partial charge in [-0.2, -0.15) is 0 Å². The minimum atomic E-state index is -0.216. The highest BCUT2D eigenvalue weighted by Gasteiger charge is 2.40. The Kier molecular flexibility index (Phi) is 2.82. The average Bonchev–Trinajstić information content (AvgIpc) is 3.23. The minimum absolute atomic E-state index is 0.0972. The Bertz CT molecular complexity index is 1870. The van der Waals surface area contributed by atoms with Crippen molar-refractivity contribution in [2.24, 2.45) is 0 Å². The van der Waals surface area contributed by atoms with Crippen molar-refractivity contribution in [2.75, 3.05) is 0 Å². The van der Waals surface area contributed by atoms with Gasteiger partial charge in [-0.3, -0.25) is 0 Å². The van der Waals surface area contributed by atoms with E-state index in [2.05, 4.69) is 0 Å². The summed E-state index contributed by atoms with van der Waals surface area (Å²) >= 11 is 0. The minimum Gasteiger partial charge on any atom is -0.458 e. The van der Waals surface area contributed by atoms with E-state index >= 15 is 0 Å². The van der Waals surface area contributed by atoms with Crippen molar-refractivity contribution in [3.63, 3.8) is 0 Å². The van der Waals surface area contributed by atoms with Crippen LogP contribution in [-0.2, 0) is 0 Å². The van der Waals surface area contributed by atoms with Gasteiger partial charge in [-0.25, -0.2) is 0 Å². The molecule has 5 aromatic carbocycles. The van der Waals surface area contributed by atoms with E-state index in [-0.39, 0.29) is 18.8 Å². The summed E-state index contributed by atoms with van der Waals surface area (Å²) < 4.78 is 49.8. The number of benzene rings is 5. The Morgan fingerprint density at radius 3 is 1.68 bits per heavy atom. The van der Waals surface area contributed by atoms with Gasteiger partial charge >= 0.3 is 0 Å². The molecule has 0 saturated heterocycles. The summed E-state index contributed by atoms with van der Waals surface area (Å²) in [6.07, 6.45) is 0. The number of hydrogen-bond donors (Lipinski definition) is 0. The zero-order valence-electron chi connectivity index (χ0n) is 21.9. The number of para-hydroxylation sites is 4. The fraction of sp³-hybridized carbons (Fsp3) is 0. The van der Waals surface area contributed by atoms with E-state index in [0.717, 1.165) is 32.7 Å². The van der Waals surface area contributed by atoms with E-state index in [1.54, 1.807) is 24.3 Å². The van der Waals surface area contributed by atoms with Crippen molar-refractivity contribution in [2.45, 2.75) is 0 Å². The molecule has 1 aromatic heterocycles. The summed E-state index contributed by atoms with van der Waals surface area (Å²) in [6.45, 7) is -0.216. The third-order valence-corrected chi connectivity index (χ3v) is 6.80. The van der Waals surface area contributed by atoms with Gasteiger partial charge < -0.3 is 14.0 Å². The monoisotopic (exact) mass is 439 g/mol. The number of hydrogen-bond acceptors (Lipinski definition) is 2. The van der Waals surface area contributed by atoms with E-state index in [4.69, 9.17) is 12.2 Å². The molecule has 0 saturated carbocycles. The molecule has 0 N–H and O–H groups in total. The Balaban J connectivity index is 1.51. The lowest BCUT2D eigenvalue weighted by Crippen LogP contribution is -2.57. The molecule has 34 heavy (non-hydrogen) atoms. The SMILES string of the molecule is [2H]c1ccc2c(c1)c1cc([2H])ccc1n2-c1c([2H])c2c3c(c1[2H])Oc1ccccc1B3c1ccccc1O2. The molecule has 0 aliphatic carbocycles. The molecule has 3 nitrogen and oxygen atoms in total. The lowest BCUT2D eigenvalue weighted by Gasteiger charge is -2.33. The lowest BCUT2D eigenvalue weighted by molar-refractivity contribution is 0.464. The predicted molar refractivity (Wildman–Crippen MR) is 138 cm³/mol. The summed E-state index contributed by atoms with van der Waals surface area (Å²) in [5.41, 5.74) is 4.49. The fourth-order valence-electron chi connectivity index (χ4n) is 5.38. The highest BCUT2D eigenvalue weighted by molar-refractivity contribution is 6.98. The highest BCUT2D eigenvalue weighted by Crippen LogP contribution is 2.39. The van der Waals surface area contributed by atoms with Crippen molar-refractivity contribution in [3.05, 3.63) is 109 Å². The molecule has 4 heteroatoms. The topological polar surface area (TPSA) is 23.4 Å². The largest absolute Gasteiger partial charge is 0.458 e. The molecular formula is C30H18BNO2. The molecule has 158 valence electrons. The molecule has 2 aliphatic rings. The summed E-state index contributed by atoms with van der Waals surface area (Å²) in [5, 5.41) is 1.59. The summed E-state index contributed by atoms with van der Waals surface area (Å²) in [7, 11) is 0. The zero-order valence-corrected chi connectivity index (χ0v) is 17.9. The van der Waals surface area contributed by atoms with Gasteiger partial charge in [0.25, 0.3) is 6.71 Å². The Labute approximate surface area is 202 Å². The van der Waals surface area contributed by atoms with Crippen molar-refractivity contribution in [1.82, 2.24) is 4.57 Å². The first-order valence-electron chi connectivity index (χ1n) is 13.2. The number of rotatable bonds is 1. The smallest absolute Gasteiger partial charge is 0.260 e. The average molecular weight is 439 g/mol. The Hall–Kier alpha value is -4.44. The molecule has 8 rings (SSSR count). The van der Waals surface area contributed by atoms with Crippen LogP contribution in [0.15, 0.2) is 109 Å². The second-order valence-electron chi connectivity index (χ2n) is 8.61. The standard InChI is InChI=1S/C30H18BNO2/c1-5-13-24-20(9-1)21-10-2-6-14-25(21)32(24)19-17-28-30-29(18-19)34-27-16-8-4-12-23(27)31(30)22-11-3-7-15-26(22)33-28/h1-18H/i1D,2D,17D,18D. The molecule has 0 fully saturated rings. The predicted octanol–water partition coefficient (Wildman–Crippen LogP) is 5.51. The van der Waals surface area contributed by atoms with Crippen LogP contribution < -0.4 is 25.9 Å². The van der Waals surface area contributed by atoms with Crippen LogP contribution in [-0.4, -0.2) is 11.3 Å². The van der Waals surface area contributed by atoms with Crippen molar-refractivity contribution >= 4 is 44.9 Å². The van der Waals surface area contributed by atoms with Crippen LogP contribution in [0.4, 0.5) is 0 Å². The summed E-state index contributed by atoms with van der Waals surface area (Å²) in [5.74, 6) is 2.14. The lowest BCUT2D eigenvalue weighted by atomic mass is 9.35. The second-order valence-corrected chi connectivity index (χ2v) is 8.61. The molecular weight excluding hydrogens is 417 g/mol. The van der Waals surface area contributed by atoms with Gasteiger partial charge in [-0.1, -0.05) is 72.7 Å². The maximum Gasteiger partial charge on any atom is 0.260 e.